The van der Waals surface area contributed by atoms with Crippen LogP contribution in [0.4, 0.5) is 0 Å². The molecule has 0 saturated carbocycles. The summed E-state index contributed by atoms with van der Waals surface area (Å²) in [7, 11) is 0. The highest BCUT2D eigenvalue weighted by molar-refractivity contribution is 6.30. The summed E-state index contributed by atoms with van der Waals surface area (Å²) in [6, 6.07) is 9.78. The molecule has 0 saturated heterocycles. The predicted molar refractivity (Wildman–Crippen MR) is 87.2 cm³/mol. The van der Waals surface area contributed by atoms with Crippen molar-refractivity contribution in [1.29, 1.82) is 0 Å². The Morgan fingerprint density at radius 1 is 1.29 bits per heavy atom. The van der Waals surface area contributed by atoms with Gasteiger partial charge in [-0.2, -0.15) is 0 Å². The van der Waals surface area contributed by atoms with Crippen molar-refractivity contribution in [2.45, 2.75) is 45.8 Å². The third-order valence-corrected chi connectivity index (χ3v) is 3.10. The molecule has 0 radical (unpaired) electrons. The molecule has 21 heavy (non-hydrogen) atoms. The van der Waals surface area contributed by atoms with Crippen molar-refractivity contribution in [1.82, 2.24) is 0 Å². The summed E-state index contributed by atoms with van der Waals surface area (Å²) in [4.78, 5) is 0. The third kappa shape index (κ3) is 6.08. The van der Waals surface area contributed by atoms with Crippen molar-refractivity contribution in [3.8, 4) is 17.9 Å². The average molecular weight is 306 g/mol. The topological polar surface area (TPSA) is 36.6 Å². The van der Waals surface area contributed by atoms with Gasteiger partial charge < -0.3 is 9.94 Å². The Labute approximate surface area is 131 Å². The average Bonchev–Trinajstić information content (AvgIpc) is 2.46. The first-order chi connectivity index (χ1) is 10.1. The Bertz CT molecular complexity index is 546. The Kier molecular flexibility index (Phi) is 7.69. The summed E-state index contributed by atoms with van der Waals surface area (Å²) >= 11 is 5.90. The molecule has 0 aliphatic rings. The zero-order valence-electron chi connectivity index (χ0n) is 12.6. The molecule has 0 aromatic heterocycles. The molecule has 2 atom stereocenters. The highest BCUT2D eigenvalue weighted by Crippen LogP contribution is 2.23. The van der Waals surface area contributed by atoms with E-state index in [2.05, 4.69) is 29.8 Å². The minimum Gasteiger partial charge on any atom is -0.498 e. The highest BCUT2D eigenvalue weighted by atomic mass is 35.5. The van der Waals surface area contributed by atoms with Gasteiger partial charge in [-0.1, -0.05) is 50.4 Å². The van der Waals surface area contributed by atoms with Gasteiger partial charge in [-0.3, -0.25) is 0 Å². The lowest BCUT2D eigenvalue weighted by Crippen LogP contribution is -2.20. The van der Waals surface area contributed by atoms with E-state index >= 15 is 0 Å². The van der Waals surface area contributed by atoms with Gasteiger partial charge in [-0.05, 0) is 30.0 Å². The first kappa shape index (κ1) is 17.4. The van der Waals surface area contributed by atoms with Gasteiger partial charge in [-0.15, -0.1) is 5.92 Å². The van der Waals surface area contributed by atoms with Gasteiger partial charge in [0.15, 0.2) is 6.10 Å². The van der Waals surface area contributed by atoms with E-state index in [4.69, 9.17) is 16.3 Å². The Morgan fingerprint density at radius 2 is 1.95 bits per heavy atom. The Hall–Kier alpha value is -1.68. The Balaban J connectivity index is 2.98. The number of unbranched alkanes of at least 4 members (excludes halogenated alkanes) is 1. The van der Waals surface area contributed by atoms with E-state index in [1.165, 1.54) is 0 Å². The molecule has 1 aromatic carbocycles. The quantitative estimate of drug-likeness (QED) is 0.563. The largest absolute Gasteiger partial charge is 0.498 e. The van der Waals surface area contributed by atoms with Crippen molar-refractivity contribution >= 4 is 11.6 Å². The number of nitrogens with zero attached hydrogens (tertiary/aromatic N) is 1. The van der Waals surface area contributed by atoms with Crippen LogP contribution in [0.15, 0.2) is 24.3 Å². The number of rotatable bonds is 5. The number of ether oxygens (including phenoxy) is 1. The van der Waals surface area contributed by atoms with Crippen LogP contribution in [0, 0.1) is 29.0 Å². The van der Waals surface area contributed by atoms with E-state index in [1.807, 2.05) is 26.0 Å². The highest BCUT2D eigenvalue weighted by Gasteiger charge is 2.22. The lowest BCUT2D eigenvalue weighted by molar-refractivity contribution is 0.0257. The molecule has 1 rings (SSSR count). The maximum atomic E-state index is 10.4. The van der Waals surface area contributed by atoms with Crippen LogP contribution in [0.3, 0.4) is 0 Å². The van der Waals surface area contributed by atoms with E-state index in [0.29, 0.717) is 5.02 Å². The van der Waals surface area contributed by atoms with Crippen LogP contribution in [0.1, 0.15) is 45.3 Å². The van der Waals surface area contributed by atoms with Crippen LogP contribution < -0.4 is 0 Å². The van der Waals surface area contributed by atoms with Gasteiger partial charge in [0.25, 0.3) is 0 Å². The fraction of sp³-hybridized carbons (Fsp3) is 0.471. The summed E-state index contributed by atoms with van der Waals surface area (Å²) in [6.45, 7) is 5.96. The predicted octanol–water partition coefficient (Wildman–Crippen LogP) is 5.06. The first-order valence-corrected chi connectivity index (χ1v) is 7.43. The van der Waals surface area contributed by atoms with E-state index in [0.717, 1.165) is 18.4 Å². The molecule has 0 fully saturated rings. The molecule has 112 valence electrons. The van der Waals surface area contributed by atoms with Gasteiger partial charge in [0, 0.05) is 16.5 Å². The summed E-state index contributed by atoms with van der Waals surface area (Å²) in [5.41, 5.74) is 0.904. The molecule has 0 N–H and O–H groups in total. The van der Waals surface area contributed by atoms with Crippen molar-refractivity contribution in [3.63, 3.8) is 0 Å². The van der Waals surface area contributed by atoms with Crippen LogP contribution in [0.2, 0.25) is 5.02 Å². The molecule has 0 spiro atoms. The van der Waals surface area contributed by atoms with Crippen LogP contribution in [0.25, 0.3) is 5.01 Å². The maximum absolute atomic E-state index is 10.4. The standard InChI is InChI=1S/C17H20ClNO2/c1-4-5-6-7-16(14-8-10-15(18)11-9-14)21-17(12-19-20)13(2)3/h8-11,13,16-17H,4-5H2,1-3H3. The summed E-state index contributed by atoms with van der Waals surface area (Å²) in [5, 5.41) is 13.8. The molecule has 0 bridgehead atoms. The lowest BCUT2D eigenvalue weighted by Gasteiger charge is -2.18. The third-order valence-electron chi connectivity index (χ3n) is 2.85. The molecule has 4 heteroatoms. The van der Waals surface area contributed by atoms with Crippen LogP contribution in [-0.2, 0) is 4.74 Å². The zero-order chi connectivity index (χ0) is 15.7. The SMILES string of the molecule is CCCC#CC(OC(C#[N+][O-])C(C)C)c1ccc(Cl)cc1. The summed E-state index contributed by atoms with van der Waals surface area (Å²) < 4.78 is 5.90. The molecule has 0 amide bonds. The molecule has 3 nitrogen and oxygen atoms in total. The normalized spacial score (nSPS) is 12.8. The second kappa shape index (κ2) is 9.29. The van der Waals surface area contributed by atoms with Crippen molar-refractivity contribution in [2.24, 2.45) is 5.92 Å². The second-order valence-electron chi connectivity index (χ2n) is 5.02. The summed E-state index contributed by atoms with van der Waals surface area (Å²) in [5.74, 6) is 6.28. The fourth-order valence-electron chi connectivity index (χ4n) is 1.66. The molecule has 2 unspecified atom stereocenters. The van der Waals surface area contributed by atoms with Crippen molar-refractivity contribution < 1.29 is 4.74 Å². The first-order valence-electron chi connectivity index (χ1n) is 7.05. The smallest absolute Gasteiger partial charge is 0.330 e. The second-order valence-corrected chi connectivity index (χ2v) is 5.46. The molecular formula is C17H20ClNO2. The number of benzene rings is 1. The number of hydrogen-bond acceptors (Lipinski definition) is 2. The van der Waals surface area contributed by atoms with E-state index < -0.39 is 12.2 Å². The molecule has 0 aliphatic carbocycles. The molecule has 0 heterocycles. The zero-order valence-corrected chi connectivity index (χ0v) is 13.4. The molecular weight excluding hydrogens is 286 g/mol. The molecule has 0 aliphatic heterocycles. The number of halogens is 1. The van der Waals surface area contributed by atoms with E-state index in [1.54, 1.807) is 12.1 Å². The Morgan fingerprint density at radius 3 is 2.48 bits per heavy atom. The number of hydrogen-bond donors (Lipinski definition) is 0. The van der Waals surface area contributed by atoms with E-state index in [9.17, 15) is 5.21 Å². The van der Waals surface area contributed by atoms with Crippen molar-refractivity contribution in [3.05, 3.63) is 45.1 Å². The minimum atomic E-state index is -0.487. The molecule has 1 aromatic rings. The van der Waals surface area contributed by atoms with Gasteiger partial charge >= 0.3 is 6.07 Å². The fourth-order valence-corrected chi connectivity index (χ4v) is 1.78. The van der Waals surface area contributed by atoms with Gasteiger partial charge in [0.2, 0.25) is 0 Å². The van der Waals surface area contributed by atoms with E-state index in [-0.39, 0.29) is 5.92 Å². The monoisotopic (exact) mass is 305 g/mol. The maximum Gasteiger partial charge on any atom is 0.330 e. The van der Waals surface area contributed by atoms with Crippen molar-refractivity contribution in [2.75, 3.05) is 0 Å². The lowest BCUT2D eigenvalue weighted by atomic mass is 10.1. The van der Waals surface area contributed by atoms with Gasteiger partial charge in [0.1, 0.15) is 6.10 Å². The van der Waals surface area contributed by atoms with Crippen LogP contribution >= 0.6 is 11.6 Å². The van der Waals surface area contributed by atoms with Crippen LogP contribution in [-0.4, -0.2) is 6.10 Å². The van der Waals surface area contributed by atoms with Gasteiger partial charge in [-0.25, -0.2) is 0 Å². The van der Waals surface area contributed by atoms with Gasteiger partial charge in [0.05, 0.1) is 0 Å². The van der Waals surface area contributed by atoms with Crippen LogP contribution in [0.5, 0.6) is 0 Å². The summed E-state index contributed by atoms with van der Waals surface area (Å²) in [6.07, 6.45) is 0.885. The minimum absolute atomic E-state index is 0.0884.